The third-order valence-electron chi connectivity index (χ3n) is 6.92. The van der Waals surface area contributed by atoms with Gasteiger partial charge in [-0.3, -0.25) is 14.4 Å². The molecule has 1 aromatic heterocycles. The van der Waals surface area contributed by atoms with Crippen LogP contribution in [0.25, 0.3) is 0 Å². The van der Waals surface area contributed by atoms with Gasteiger partial charge < -0.3 is 15.1 Å². The second-order valence-corrected chi connectivity index (χ2v) is 13.1. The summed E-state index contributed by atoms with van der Waals surface area (Å²) in [5, 5.41) is 3.41. The Morgan fingerprint density at radius 2 is 1.50 bits per heavy atom. The van der Waals surface area contributed by atoms with E-state index in [0.29, 0.717) is 74.7 Å². The lowest BCUT2D eigenvalue weighted by atomic mass is 10.0. The monoisotopic (exact) mass is 590 g/mol. The van der Waals surface area contributed by atoms with Crippen LogP contribution in [-0.2, 0) is 27.8 Å². The van der Waals surface area contributed by atoms with Crippen molar-refractivity contribution in [1.29, 1.82) is 0 Å². The Balaban J connectivity index is 1.92. The van der Waals surface area contributed by atoms with Gasteiger partial charge in [0, 0.05) is 50.1 Å². The molecule has 2 heterocycles. The summed E-state index contributed by atoms with van der Waals surface area (Å²) in [4.78, 5) is 43.8. The second-order valence-electron chi connectivity index (χ2n) is 10.1. The summed E-state index contributed by atoms with van der Waals surface area (Å²) in [6, 6.07) is 5.93. The van der Waals surface area contributed by atoms with Crippen molar-refractivity contribution in [2.24, 2.45) is 0 Å². The largest absolute Gasteiger partial charge is 0.339 e. The lowest BCUT2D eigenvalue weighted by Gasteiger charge is -2.27. The van der Waals surface area contributed by atoms with E-state index in [1.54, 1.807) is 4.90 Å². The number of rotatable bonds is 13. The van der Waals surface area contributed by atoms with Gasteiger partial charge in [-0.2, -0.15) is 4.31 Å². The van der Waals surface area contributed by atoms with Crippen LogP contribution >= 0.6 is 11.3 Å². The van der Waals surface area contributed by atoms with Crippen LogP contribution in [-0.4, -0.2) is 73.0 Å². The highest BCUT2D eigenvalue weighted by molar-refractivity contribution is 7.89. The summed E-state index contributed by atoms with van der Waals surface area (Å²) < 4.78 is 27.7. The molecule has 40 heavy (non-hydrogen) atoms. The fourth-order valence-electron chi connectivity index (χ4n) is 4.95. The lowest BCUT2D eigenvalue weighted by Crippen LogP contribution is -2.36. The average Bonchev–Trinajstić information content (AvgIpc) is 3.29. The maximum Gasteiger partial charge on any atom is 0.257 e. The first kappa shape index (κ1) is 31.8. The maximum absolute atomic E-state index is 13.8. The van der Waals surface area contributed by atoms with Crippen molar-refractivity contribution in [3.8, 4) is 0 Å². The quantitative estimate of drug-likeness (QED) is 0.354. The number of carbonyl (C=O) groups is 3. The van der Waals surface area contributed by atoms with Gasteiger partial charge in [-0.25, -0.2) is 8.42 Å². The standard InChI is InChI=1S/C29H42N4O5S2/c1-6-15-31(16-7-2)29(36)26-24-14-19-32(21(5)34)20-25(24)39-28(26)30-27(35)22-10-12-23(13-11-22)40(37,38)33(17-8-3)18-9-4/h10-13H,6-9,14-20H2,1-5H3,(H,30,35). The number of thiophene rings is 1. The Kier molecular flexibility index (Phi) is 11.3. The molecular weight excluding hydrogens is 548 g/mol. The Bertz CT molecular complexity index is 1290. The van der Waals surface area contributed by atoms with Gasteiger partial charge in [-0.1, -0.05) is 27.7 Å². The van der Waals surface area contributed by atoms with Gasteiger partial charge in [-0.05, 0) is 61.9 Å². The Labute approximate surface area is 242 Å². The molecule has 0 atom stereocenters. The van der Waals surface area contributed by atoms with Crippen molar-refractivity contribution in [1.82, 2.24) is 14.1 Å². The molecule has 220 valence electrons. The number of hydrogen-bond acceptors (Lipinski definition) is 6. The molecule has 0 spiro atoms. The fraction of sp³-hybridized carbons (Fsp3) is 0.552. The molecule has 9 nitrogen and oxygen atoms in total. The number of fused-ring (bicyclic) bond motifs is 1. The molecule has 3 amide bonds. The highest BCUT2D eigenvalue weighted by atomic mass is 32.2. The first-order valence-corrected chi connectivity index (χ1v) is 16.4. The van der Waals surface area contributed by atoms with E-state index in [1.165, 1.54) is 46.8 Å². The van der Waals surface area contributed by atoms with Crippen LogP contribution in [0.4, 0.5) is 5.00 Å². The molecule has 3 rings (SSSR count). The van der Waals surface area contributed by atoms with Crippen molar-refractivity contribution < 1.29 is 22.8 Å². The lowest BCUT2D eigenvalue weighted by molar-refractivity contribution is -0.129. The minimum absolute atomic E-state index is 0.0254. The Hall–Kier alpha value is -2.76. The summed E-state index contributed by atoms with van der Waals surface area (Å²) >= 11 is 1.33. The van der Waals surface area contributed by atoms with E-state index < -0.39 is 15.9 Å². The molecule has 0 saturated carbocycles. The smallest absolute Gasteiger partial charge is 0.257 e. The minimum atomic E-state index is -3.66. The molecule has 1 N–H and O–H groups in total. The number of nitrogens with one attached hydrogen (secondary N) is 1. The Morgan fingerprint density at radius 3 is 2.02 bits per heavy atom. The van der Waals surface area contributed by atoms with Gasteiger partial charge in [-0.15, -0.1) is 11.3 Å². The first-order chi connectivity index (χ1) is 19.1. The molecule has 0 saturated heterocycles. The van der Waals surface area contributed by atoms with Crippen LogP contribution < -0.4 is 5.32 Å². The molecule has 0 unspecified atom stereocenters. The topological polar surface area (TPSA) is 107 Å². The number of carbonyl (C=O) groups excluding carboxylic acids is 3. The zero-order valence-corrected chi connectivity index (χ0v) is 25.9. The molecule has 11 heteroatoms. The molecule has 1 aliphatic rings. The molecular formula is C29H42N4O5S2. The molecule has 0 fully saturated rings. The zero-order valence-electron chi connectivity index (χ0n) is 24.3. The average molecular weight is 591 g/mol. The van der Waals surface area contributed by atoms with Gasteiger partial charge in [0.1, 0.15) is 5.00 Å². The van der Waals surface area contributed by atoms with Crippen molar-refractivity contribution in [2.45, 2.75) is 78.2 Å². The molecule has 0 radical (unpaired) electrons. The van der Waals surface area contributed by atoms with Crippen LogP contribution in [0.1, 0.15) is 91.5 Å². The van der Waals surface area contributed by atoms with Crippen molar-refractivity contribution in [3.63, 3.8) is 0 Å². The Morgan fingerprint density at radius 1 is 0.925 bits per heavy atom. The maximum atomic E-state index is 13.8. The predicted molar refractivity (Wildman–Crippen MR) is 159 cm³/mol. The van der Waals surface area contributed by atoms with Crippen molar-refractivity contribution in [2.75, 3.05) is 38.0 Å². The van der Waals surface area contributed by atoms with Crippen molar-refractivity contribution in [3.05, 3.63) is 45.8 Å². The molecule has 0 aliphatic carbocycles. The number of amides is 3. The summed E-state index contributed by atoms with van der Waals surface area (Å²) in [5.41, 5.74) is 1.70. The van der Waals surface area contributed by atoms with Crippen LogP contribution in [0.5, 0.6) is 0 Å². The molecule has 1 aromatic carbocycles. The SMILES string of the molecule is CCCN(CCC)C(=O)c1c(NC(=O)c2ccc(S(=O)(=O)N(CCC)CCC)cc2)sc2c1CCN(C(C)=O)C2. The summed E-state index contributed by atoms with van der Waals surface area (Å²) in [6.07, 6.45) is 3.61. The zero-order chi connectivity index (χ0) is 29.4. The van der Waals surface area contributed by atoms with Crippen LogP contribution in [0, 0.1) is 0 Å². The van der Waals surface area contributed by atoms with Crippen LogP contribution in [0.2, 0.25) is 0 Å². The third-order valence-corrected chi connectivity index (χ3v) is 9.96. The number of nitrogens with zero attached hydrogens (tertiary/aromatic N) is 3. The summed E-state index contributed by atoms with van der Waals surface area (Å²) in [7, 11) is -3.66. The van der Waals surface area contributed by atoms with Gasteiger partial charge in [0.25, 0.3) is 11.8 Å². The van der Waals surface area contributed by atoms with E-state index >= 15 is 0 Å². The fourth-order valence-corrected chi connectivity index (χ4v) is 7.83. The number of benzene rings is 1. The summed E-state index contributed by atoms with van der Waals surface area (Å²) in [6.45, 7) is 12.5. The minimum Gasteiger partial charge on any atom is -0.339 e. The number of hydrogen-bond donors (Lipinski definition) is 1. The molecule has 1 aliphatic heterocycles. The van der Waals surface area contributed by atoms with Gasteiger partial charge >= 0.3 is 0 Å². The van der Waals surface area contributed by atoms with Gasteiger partial charge in [0.2, 0.25) is 15.9 Å². The van der Waals surface area contributed by atoms with Crippen LogP contribution in [0.3, 0.4) is 0 Å². The molecule has 2 aromatic rings. The van der Waals surface area contributed by atoms with Gasteiger partial charge in [0.15, 0.2) is 0 Å². The second kappa shape index (κ2) is 14.2. The van der Waals surface area contributed by atoms with E-state index in [1.807, 2.05) is 32.6 Å². The van der Waals surface area contributed by atoms with E-state index in [4.69, 9.17) is 0 Å². The highest BCUT2D eigenvalue weighted by Crippen LogP contribution is 2.38. The predicted octanol–water partition coefficient (Wildman–Crippen LogP) is 4.98. The normalized spacial score (nSPS) is 13.3. The highest BCUT2D eigenvalue weighted by Gasteiger charge is 2.32. The van der Waals surface area contributed by atoms with Crippen molar-refractivity contribution >= 4 is 44.1 Å². The number of anilines is 1. The molecule has 0 bridgehead atoms. The third kappa shape index (κ3) is 7.11. The van der Waals surface area contributed by atoms with Crippen LogP contribution in [0.15, 0.2) is 29.2 Å². The van der Waals surface area contributed by atoms with E-state index in [0.717, 1.165) is 23.3 Å². The van der Waals surface area contributed by atoms with Gasteiger partial charge in [0.05, 0.1) is 17.0 Å². The van der Waals surface area contributed by atoms with E-state index in [2.05, 4.69) is 5.32 Å². The number of sulfonamides is 1. The van der Waals surface area contributed by atoms with E-state index in [9.17, 15) is 22.8 Å². The summed E-state index contributed by atoms with van der Waals surface area (Å²) in [5.74, 6) is -0.555. The first-order valence-electron chi connectivity index (χ1n) is 14.2. The van der Waals surface area contributed by atoms with E-state index in [-0.39, 0.29) is 16.7 Å².